The first-order chi connectivity index (χ1) is 13.2. The topological polar surface area (TPSA) is 67.9 Å². The molecule has 1 unspecified atom stereocenters. The molecule has 5 nitrogen and oxygen atoms in total. The average molecular weight is 363 g/mol. The highest BCUT2D eigenvalue weighted by Crippen LogP contribution is 2.33. The maximum absolute atomic E-state index is 12.3. The Morgan fingerprint density at radius 1 is 1.00 bits per heavy atom. The molecule has 1 aliphatic carbocycles. The van der Waals surface area contributed by atoms with E-state index in [-0.39, 0.29) is 11.7 Å². The Labute approximate surface area is 159 Å². The number of rotatable bonds is 3. The first-order valence-electron chi connectivity index (χ1n) is 9.54. The van der Waals surface area contributed by atoms with E-state index in [4.69, 9.17) is 10.5 Å². The molecule has 2 aromatic rings. The zero-order valence-corrected chi connectivity index (χ0v) is 15.4. The SMILES string of the molecule is Nc1ccccc1N=C1CC(=O)CC(c2ccc(N3CCOCC3)cc2)C1. The number of hydrogen-bond donors (Lipinski definition) is 1. The van der Waals surface area contributed by atoms with Crippen LogP contribution in [-0.2, 0) is 9.53 Å². The summed E-state index contributed by atoms with van der Waals surface area (Å²) in [4.78, 5) is 19.3. The van der Waals surface area contributed by atoms with Crippen molar-refractivity contribution in [2.24, 2.45) is 4.99 Å². The number of nitrogen functional groups attached to an aromatic ring is 1. The monoisotopic (exact) mass is 363 g/mol. The van der Waals surface area contributed by atoms with Gasteiger partial charge < -0.3 is 15.4 Å². The second-order valence-corrected chi connectivity index (χ2v) is 7.25. The third kappa shape index (κ3) is 4.19. The van der Waals surface area contributed by atoms with Gasteiger partial charge in [0.2, 0.25) is 0 Å². The summed E-state index contributed by atoms with van der Waals surface area (Å²) in [6.07, 6.45) is 1.81. The van der Waals surface area contributed by atoms with Crippen LogP contribution in [0.2, 0.25) is 0 Å². The number of aliphatic imine (C=N–C) groups is 1. The Hall–Kier alpha value is -2.66. The number of morpholine rings is 1. The summed E-state index contributed by atoms with van der Waals surface area (Å²) in [7, 11) is 0. The number of anilines is 2. The van der Waals surface area contributed by atoms with Gasteiger partial charge >= 0.3 is 0 Å². The lowest BCUT2D eigenvalue weighted by atomic mass is 9.82. The molecular weight excluding hydrogens is 338 g/mol. The maximum atomic E-state index is 12.3. The Morgan fingerprint density at radius 2 is 1.74 bits per heavy atom. The molecule has 2 aliphatic rings. The van der Waals surface area contributed by atoms with Gasteiger partial charge in [-0.25, -0.2) is 0 Å². The highest BCUT2D eigenvalue weighted by atomic mass is 16.5. The van der Waals surface area contributed by atoms with Crippen LogP contribution in [0.3, 0.4) is 0 Å². The minimum atomic E-state index is 0.189. The Kier molecular flexibility index (Phi) is 5.21. The summed E-state index contributed by atoms with van der Waals surface area (Å²) >= 11 is 0. The van der Waals surface area contributed by atoms with Crippen LogP contribution in [0.15, 0.2) is 53.5 Å². The number of nitrogens with zero attached hydrogens (tertiary/aromatic N) is 2. The van der Waals surface area contributed by atoms with Crippen molar-refractivity contribution in [3.05, 3.63) is 54.1 Å². The van der Waals surface area contributed by atoms with E-state index in [0.717, 1.165) is 44.1 Å². The van der Waals surface area contributed by atoms with Crippen molar-refractivity contribution < 1.29 is 9.53 Å². The normalized spacial score (nSPS) is 22.2. The van der Waals surface area contributed by atoms with E-state index in [9.17, 15) is 4.79 Å². The molecule has 0 aromatic heterocycles. The Bertz CT molecular complexity index is 839. The molecule has 4 rings (SSSR count). The minimum Gasteiger partial charge on any atom is -0.397 e. The molecule has 2 aromatic carbocycles. The maximum Gasteiger partial charge on any atom is 0.139 e. The van der Waals surface area contributed by atoms with E-state index in [2.05, 4.69) is 34.2 Å². The fourth-order valence-electron chi connectivity index (χ4n) is 3.86. The van der Waals surface area contributed by atoms with Gasteiger partial charge in [-0.2, -0.15) is 0 Å². The number of benzene rings is 2. The van der Waals surface area contributed by atoms with E-state index in [1.807, 2.05) is 24.3 Å². The molecule has 1 saturated carbocycles. The Balaban J connectivity index is 1.51. The average Bonchev–Trinajstić information content (AvgIpc) is 2.70. The fourth-order valence-corrected chi connectivity index (χ4v) is 3.86. The lowest BCUT2D eigenvalue weighted by Gasteiger charge is -2.29. The largest absolute Gasteiger partial charge is 0.397 e. The summed E-state index contributed by atoms with van der Waals surface area (Å²) < 4.78 is 5.42. The van der Waals surface area contributed by atoms with Crippen LogP contribution in [0.1, 0.15) is 30.7 Å². The third-order valence-corrected chi connectivity index (χ3v) is 5.31. The van der Waals surface area contributed by atoms with Gasteiger partial charge in [-0.15, -0.1) is 0 Å². The second-order valence-electron chi connectivity index (χ2n) is 7.25. The van der Waals surface area contributed by atoms with Gasteiger partial charge in [0, 0.05) is 37.3 Å². The molecular formula is C22H25N3O2. The number of carbonyl (C=O) groups is 1. The Morgan fingerprint density at radius 3 is 2.48 bits per heavy atom. The van der Waals surface area contributed by atoms with Crippen molar-refractivity contribution in [3.63, 3.8) is 0 Å². The number of hydrogen-bond acceptors (Lipinski definition) is 5. The summed E-state index contributed by atoms with van der Waals surface area (Å²) in [5, 5.41) is 0. The summed E-state index contributed by atoms with van der Waals surface area (Å²) in [6.45, 7) is 3.41. The van der Waals surface area contributed by atoms with Crippen LogP contribution in [0.25, 0.3) is 0 Å². The lowest BCUT2D eigenvalue weighted by molar-refractivity contribution is -0.118. The van der Waals surface area contributed by atoms with Crippen molar-refractivity contribution in [3.8, 4) is 0 Å². The van der Waals surface area contributed by atoms with Gasteiger partial charge in [0.05, 0.1) is 24.6 Å². The summed E-state index contributed by atoms with van der Waals surface area (Å²) in [6, 6.07) is 16.2. The first-order valence-corrected chi connectivity index (χ1v) is 9.54. The highest BCUT2D eigenvalue weighted by Gasteiger charge is 2.25. The van der Waals surface area contributed by atoms with Crippen molar-refractivity contribution in [1.82, 2.24) is 0 Å². The van der Waals surface area contributed by atoms with Crippen LogP contribution >= 0.6 is 0 Å². The van der Waals surface area contributed by atoms with E-state index in [0.29, 0.717) is 18.5 Å². The van der Waals surface area contributed by atoms with Crippen LogP contribution in [0.5, 0.6) is 0 Å². The highest BCUT2D eigenvalue weighted by molar-refractivity contribution is 6.06. The molecule has 1 heterocycles. The van der Waals surface area contributed by atoms with Gasteiger partial charge in [0.15, 0.2) is 0 Å². The summed E-state index contributed by atoms with van der Waals surface area (Å²) in [5.41, 5.74) is 10.7. The minimum absolute atomic E-state index is 0.189. The molecule has 1 saturated heterocycles. The zero-order valence-electron chi connectivity index (χ0n) is 15.4. The first kappa shape index (κ1) is 17.7. The molecule has 0 radical (unpaired) electrons. The molecule has 27 heavy (non-hydrogen) atoms. The summed E-state index contributed by atoms with van der Waals surface area (Å²) in [5.74, 6) is 0.436. The molecule has 0 amide bonds. The molecule has 0 spiro atoms. The van der Waals surface area contributed by atoms with Gasteiger partial charge in [0.25, 0.3) is 0 Å². The van der Waals surface area contributed by atoms with Crippen molar-refractivity contribution >= 4 is 28.6 Å². The lowest BCUT2D eigenvalue weighted by Crippen LogP contribution is -2.36. The molecule has 5 heteroatoms. The van der Waals surface area contributed by atoms with E-state index < -0.39 is 0 Å². The van der Waals surface area contributed by atoms with Crippen LogP contribution in [0.4, 0.5) is 17.1 Å². The van der Waals surface area contributed by atoms with Gasteiger partial charge in [-0.1, -0.05) is 24.3 Å². The predicted molar refractivity (Wildman–Crippen MR) is 109 cm³/mol. The molecule has 140 valence electrons. The fraction of sp³-hybridized carbons (Fsp3) is 0.364. The van der Waals surface area contributed by atoms with Crippen molar-refractivity contribution in [2.45, 2.75) is 25.2 Å². The van der Waals surface area contributed by atoms with Gasteiger partial charge in [-0.3, -0.25) is 9.79 Å². The van der Waals surface area contributed by atoms with Crippen LogP contribution in [-0.4, -0.2) is 37.8 Å². The molecule has 1 atom stereocenters. The quantitative estimate of drug-likeness (QED) is 0.844. The van der Waals surface area contributed by atoms with Crippen molar-refractivity contribution in [1.29, 1.82) is 0 Å². The number of ketones is 1. The molecule has 2 fully saturated rings. The third-order valence-electron chi connectivity index (χ3n) is 5.31. The van der Waals surface area contributed by atoms with Gasteiger partial charge in [0.1, 0.15) is 5.78 Å². The smallest absolute Gasteiger partial charge is 0.139 e. The van der Waals surface area contributed by atoms with Gasteiger partial charge in [-0.05, 0) is 42.2 Å². The molecule has 0 bridgehead atoms. The second kappa shape index (κ2) is 7.92. The van der Waals surface area contributed by atoms with E-state index >= 15 is 0 Å². The number of Topliss-reactive ketones (excluding diaryl/α,β-unsaturated/α-hetero) is 1. The number of nitrogens with two attached hydrogens (primary N) is 1. The van der Waals surface area contributed by atoms with Crippen LogP contribution in [0, 0.1) is 0 Å². The van der Waals surface area contributed by atoms with E-state index in [1.54, 1.807) is 0 Å². The van der Waals surface area contributed by atoms with Crippen molar-refractivity contribution in [2.75, 3.05) is 36.9 Å². The molecule has 1 aliphatic heterocycles. The van der Waals surface area contributed by atoms with E-state index in [1.165, 1.54) is 11.3 Å². The molecule has 2 N–H and O–H groups in total. The number of ether oxygens (including phenoxy) is 1. The predicted octanol–water partition coefficient (Wildman–Crippen LogP) is 3.71. The van der Waals surface area contributed by atoms with Crippen LogP contribution < -0.4 is 10.6 Å². The number of carbonyl (C=O) groups excluding carboxylic acids is 1. The number of para-hydroxylation sites is 2. The zero-order chi connectivity index (χ0) is 18.6. The standard InChI is InChI=1S/C22H25N3O2/c23-21-3-1-2-4-22(21)24-18-13-17(14-20(26)15-18)16-5-7-19(8-6-16)25-9-11-27-12-10-25/h1-8,17H,9-15,23H2.